The molecule has 3 heterocycles. The first-order valence-corrected chi connectivity index (χ1v) is 10.9. The fourth-order valence-corrected chi connectivity index (χ4v) is 3.86. The number of carbonyl (C=O) groups excluding carboxylic acids is 2. The second-order valence-corrected chi connectivity index (χ2v) is 7.91. The molecular weight excluding hydrogens is 418 g/mol. The van der Waals surface area contributed by atoms with Crippen LogP contribution in [0.2, 0.25) is 0 Å². The Kier molecular flexibility index (Phi) is 5.95. The zero-order valence-electron chi connectivity index (χ0n) is 19.5. The van der Waals surface area contributed by atoms with E-state index in [-0.39, 0.29) is 11.8 Å². The third-order valence-corrected chi connectivity index (χ3v) is 5.64. The number of rotatable bonds is 6. The zero-order valence-corrected chi connectivity index (χ0v) is 19.5. The number of anilines is 1. The summed E-state index contributed by atoms with van der Waals surface area (Å²) in [6.07, 6.45) is 3.29. The lowest BCUT2D eigenvalue weighted by Gasteiger charge is -2.14. The van der Waals surface area contributed by atoms with Crippen molar-refractivity contribution >= 4 is 28.4 Å². The summed E-state index contributed by atoms with van der Waals surface area (Å²) in [6.45, 7) is 7.16. The lowest BCUT2D eigenvalue weighted by Crippen LogP contribution is -2.26. The molecule has 1 aromatic carbocycles. The Labute approximate surface area is 192 Å². The highest BCUT2D eigenvalue weighted by Gasteiger charge is 2.23. The summed E-state index contributed by atoms with van der Waals surface area (Å²) in [6, 6.07) is 9.29. The van der Waals surface area contributed by atoms with E-state index in [1.165, 1.54) is 11.1 Å². The highest BCUT2D eigenvalue weighted by atomic mass is 16.2. The van der Waals surface area contributed by atoms with Crippen LogP contribution in [0, 0.1) is 6.92 Å². The maximum atomic E-state index is 13.5. The van der Waals surface area contributed by atoms with Gasteiger partial charge in [-0.1, -0.05) is 18.2 Å². The van der Waals surface area contributed by atoms with Crippen LogP contribution in [-0.4, -0.2) is 55.4 Å². The van der Waals surface area contributed by atoms with Crippen molar-refractivity contribution in [2.24, 2.45) is 0 Å². The summed E-state index contributed by atoms with van der Waals surface area (Å²) in [4.78, 5) is 32.5. The van der Waals surface area contributed by atoms with Gasteiger partial charge in [0.15, 0.2) is 0 Å². The molecule has 0 radical (unpaired) electrons. The standard InChI is InChI=1S/C24H27N7O2/c1-6-30-15(3)18(13-25-30)20-12-17(16-10-8-9-11-19(16)27-20)23(32)28-21-14-26-31(7-2)22(21)24(33)29(4)5/h8-14H,6-7H2,1-5H3,(H,28,32). The minimum atomic E-state index is -0.334. The minimum absolute atomic E-state index is 0.229. The molecule has 4 aromatic rings. The van der Waals surface area contributed by atoms with E-state index >= 15 is 0 Å². The Morgan fingerprint density at radius 3 is 2.39 bits per heavy atom. The van der Waals surface area contributed by atoms with Crippen LogP contribution >= 0.6 is 0 Å². The van der Waals surface area contributed by atoms with Gasteiger partial charge in [0.05, 0.1) is 34.9 Å². The largest absolute Gasteiger partial charge is 0.343 e. The Morgan fingerprint density at radius 2 is 1.73 bits per heavy atom. The van der Waals surface area contributed by atoms with Gasteiger partial charge in [0.25, 0.3) is 11.8 Å². The van der Waals surface area contributed by atoms with Gasteiger partial charge in [-0.2, -0.15) is 10.2 Å². The van der Waals surface area contributed by atoms with Crippen LogP contribution in [0.15, 0.2) is 42.7 Å². The number of aryl methyl sites for hydroxylation is 2. The molecule has 0 bridgehead atoms. The predicted octanol–water partition coefficient (Wildman–Crippen LogP) is 3.60. The van der Waals surface area contributed by atoms with E-state index in [0.29, 0.717) is 34.7 Å². The van der Waals surface area contributed by atoms with E-state index in [9.17, 15) is 9.59 Å². The topological polar surface area (TPSA) is 97.9 Å². The first-order chi connectivity index (χ1) is 15.8. The van der Waals surface area contributed by atoms with Crippen molar-refractivity contribution in [1.82, 2.24) is 29.4 Å². The second-order valence-electron chi connectivity index (χ2n) is 7.91. The summed E-state index contributed by atoms with van der Waals surface area (Å²) >= 11 is 0. The van der Waals surface area contributed by atoms with E-state index < -0.39 is 0 Å². The number of aromatic nitrogens is 5. The van der Waals surface area contributed by atoms with Crippen molar-refractivity contribution in [3.63, 3.8) is 0 Å². The van der Waals surface area contributed by atoms with Gasteiger partial charge in [0.2, 0.25) is 0 Å². The minimum Gasteiger partial charge on any atom is -0.343 e. The normalized spacial score (nSPS) is 11.1. The Balaban J connectivity index is 1.80. The van der Waals surface area contributed by atoms with E-state index in [2.05, 4.69) is 15.5 Å². The molecule has 0 aliphatic heterocycles. The Bertz CT molecular complexity index is 1350. The number of amides is 2. The SMILES string of the molecule is CCn1ncc(-c2cc(C(=O)Nc3cnn(CC)c3C(=O)N(C)C)c3ccccc3n2)c1C. The molecule has 33 heavy (non-hydrogen) atoms. The summed E-state index contributed by atoms with van der Waals surface area (Å²) in [5, 5.41) is 12.3. The number of benzene rings is 1. The molecule has 0 aliphatic rings. The van der Waals surface area contributed by atoms with Crippen molar-refractivity contribution < 1.29 is 9.59 Å². The van der Waals surface area contributed by atoms with E-state index in [1.54, 1.807) is 31.0 Å². The first kappa shape index (κ1) is 22.2. The molecule has 1 N–H and O–H groups in total. The highest BCUT2D eigenvalue weighted by Crippen LogP contribution is 2.28. The van der Waals surface area contributed by atoms with Gasteiger partial charge >= 0.3 is 0 Å². The molecule has 0 atom stereocenters. The van der Waals surface area contributed by atoms with Crippen LogP contribution in [0.4, 0.5) is 5.69 Å². The van der Waals surface area contributed by atoms with E-state index in [1.807, 2.05) is 49.7 Å². The van der Waals surface area contributed by atoms with Crippen molar-refractivity contribution in [2.45, 2.75) is 33.9 Å². The van der Waals surface area contributed by atoms with Gasteiger partial charge in [-0.05, 0) is 32.9 Å². The number of hydrogen-bond donors (Lipinski definition) is 1. The molecule has 0 saturated heterocycles. The summed E-state index contributed by atoms with van der Waals surface area (Å²) in [7, 11) is 3.34. The zero-order chi connectivity index (χ0) is 23.7. The summed E-state index contributed by atoms with van der Waals surface area (Å²) in [5.41, 5.74) is 4.41. The molecule has 0 aliphatic carbocycles. The van der Waals surface area contributed by atoms with Gasteiger partial charge in [0, 0.05) is 43.8 Å². The molecule has 9 heteroatoms. The van der Waals surface area contributed by atoms with Crippen LogP contribution in [0.3, 0.4) is 0 Å². The van der Waals surface area contributed by atoms with Gasteiger partial charge in [-0.25, -0.2) is 4.98 Å². The van der Waals surface area contributed by atoms with Crippen LogP contribution in [0.5, 0.6) is 0 Å². The molecule has 4 rings (SSSR count). The van der Waals surface area contributed by atoms with Crippen molar-refractivity contribution in [1.29, 1.82) is 0 Å². The third kappa shape index (κ3) is 3.97. The molecule has 3 aromatic heterocycles. The van der Waals surface area contributed by atoms with Crippen molar-refractivity contribution in [3.8, 4) is 11.3 Å². The van der Waals surface area contributed by atoms with Crippen LogP contribution < -0.4 is 5.32 Å². The number of pyridine rings is 1. The number of nitrogens with one attached hydrogen (secondary N) is 1. The van der Waals surface area contributed by atoms with Crippen LogP contribution in [0.1, 0.15) is 40.4 Å². The fourth-order valence-electron chi connectivity index (χ4n) is 3.86. The van der Waals surface area contributed by atoms with E-state index in [0.717, 1.165) is 23.2 Å². The number of hydrogen-bond acceptors (Lipinski definition) is 5. The molecule has 0 fully saturated rings. The smallest absolute Gasteiger partial charge is 0.273 e. The number of para-hydroxylation sites is 1. The number of carbonyl (C=O) groups is 2. The number of nitrogens with zero attached hydrogens (tertiary/aromatic N) is 6. The van der Waals surface area contributed by atoms with Gasteiger partial charge in [-0.15, -0.1) is 0 Å². The lowest BCUT2D eigenvalue weighted by atomic mass is 10.0. The van der Waals surface area contributed by atoms with Crippen LogP contribution in [0.25, 0.3) is 22.2 Å². The van der Waals surface area contributed by atoms with Crippen LogP contribution in [-0.2, 0) is 13.1 Å². The second kappa shape index (κ2) is 8.85. The Hall–Kier alpha value is -4.01. The molecule has 0 spiro atoms. The first-order valence-electron chi connectivity index (χ1n) is 10.9. The maximum absolute atomic E-state index is 13.5. The highest BCUT2D eigenvalue weighted by molar-refractivity contribution is 6.14. The quantitative estimate of drug-likeness (QED) is 0.489. The average Bonchev–Trinajstić information content (AvgIpc) is 3.40. The van der Waals surface area contributed by atoms with Crippen molar-refractivity contribution in [3.05, 3.63) is 59.7 Å². The predicted molar refractivity (Wildman–Crippen MR) is 127 cm³/mol. The van der Waals surface area contributed by atoms with Gasteiger partial charge in [0.1, 0.15) is 5.69 Å². The molecule has 9 nitrogen and oxygen atoms in total. The van der Waals surface area contributed by atoms with Gasteiger partial charge < -0.3 is 10.2 Å². The molecule has 0 saturated carbocycles. The lowest BCUT2D eigenvalue weighted by molar-refractivity contribution is 0.0816. The molecular formula is C24H27N7O2. The van der Waals surface area contributed by atoms with E-state index in [4.69, 9.17) is 4.98 Å². The average molecular weight is 446 g/mol. The fraction of sp³-hybridized carbons (Fsp3) is 0.292. The number of fused-ring (bicyclic) bond motifs is 1. The summed E-state index contributed by atoms with van der Waals surface area (Å²) < 4.78 is 3.47. The van der Waals surface area contributed by atoms with Crippen molar-refractivity contribution in [2.75, 3.05) is 19.4 Å². The summed E-state index contributed by atoms with van der Waals surface area (Å²) in [5.74, 6) is -0.564. The molecule has 170 valence electrons. The monoisotopic (exact) mass is 445 g/mol. The van der Waals surface area contributed by atoms with Gasteiger partial charge in [-0.3, -0.25) is 19.0 Å². The molecule has 2 amide bonds. The third-order valence-electron chi connectivity index (χ3n) is 5.64. The Morgan fingerprint density at radius 1 is 1.03 bits per heavy atom. The maximum Gasteiger partial charge on any atom is 0.273 e. The molecule has 0 unspecified atom stereocenters.